The molecule has 28 heavy (non-hydrogen) atoms. The van der Waals surface area contributed by atoms with Gasteiger partial charge in [0.25, 0.3) is 5.91 Å². The van der Waals surface area contributed by atoms with Crippen molar-refractivity contribution in [3.63, 3.8) is 0 Å². The van der Waals surface area contributed by atoms with E-state index in [2.05, 4.69) is 10.6 Å². The number of amides is 2. The van der Waals surface area contributed by atoms with Crippen LogP contribution in [0.2, 0.25) is 10.0 Å². The Morgan fingerprint density at radius 3 is 2.36 bits per heavy atom. The average molecular weight is 428 g/mol. The number of nitriles is 1. The second-order valence-electron chi connectivity index (χ2n) is 5.64. The molecular formula is C18H13Cl2F2N3O3. The van der Waals surface area contributed by atoms with E-state index in [-0.39, 0.29) is 34.3 Å². The minimum Gasteiger partial charge on any atom is -0.505 e. The SMILES string of the molecule is N#CCNC(=O)[C@H](Cc1cc(Cl)c(O)c(Cl)c1)NC(=O)c1ccc(F)c(F)c1. The first-order valence-electron chi connectivity index (χ1n) is 7.80. The van der Waals surface area contributed by atoms with Gasteiger partial charge < -0.3 is 15.7 Å². The fourth-order valence-corrected chi connectivity index (χ4v) is 2.84. The molecule has 2 rings (SSSR count). The van der Waals surface area contributed by atoms with Crippen LogP contribution in [-0.2, 0) is 11.2 Å². The molecule has 0 saturated heterocycles. The third-order valence-corrected chi connectivity index (χ3v) is 4.24. The summed E-state index contributed by atoms with van der Waals surface area (Å²) in [6, 6.07) is 5.82. The minimum absolute atomic E-state index is 0.0504. The monoisotopic (exact) mass is 427 g/mol. The quantitative estimate of drug-likeness (QED) is 0.616. The molecule has 6 nitrogen and oxygen atoms in total. The van der Waals surface area contributed by atoms with Crippen molar-refractivity contribution >= 4 is 35.0 Å². The molecule has 2 amide bonds. The van der Waals surface area contributed by atoms with Gasteiger partial charge in [0.1, 0.15) is 12.6 Å². The molecule has 3 N–H and O–H groups in total. The standard InChI is InChI=1S/C18H13Cl2F2N3O3/c19-11-5-9(6-12(20)16(11)26)7-15(18(28)24-4-3-23)25-17(27)10-1-2-13(21)14(22)8-10/h1-2,5-6,8,15,26H,4,7H2,(H,24,28)(H,25,27)/t15-/m0/s1. The predicted molar refractivity (Wildman–Crippen MR) is 98.1 cm³/mol. The lowest BCUT2D eigenvalue weighted by atomic mass is 10.0. The molecule has 0 radical (unpaired) electrons. The summed E-state index contributed by atoms with van der Waals surface area (Å²) in [5.41, 5.74) is 0.217. The summed E-state index contributed by atoms with van der Waals surface area (Å²) >= 11 is 11.7. The summed E-state index contributed by atoms with van der Waals surface area (Å²) in [6.07, 6.45) is -0.0909. The number of rotatable bonds is 6. The van der Waals surface area contributed by atoms with Crippen LogP contribution in [-0.4, -0.2) is 29.5 Å². The molecule has 0 aliphatic rings. The predicted octanol–water partition coefficient (Wildman–Crippen LogP) is 2.96. The molecule has 0 bridgehead atoms. The van der Waals surface area contributed by atoms with Crippen LogP contribution in [0.4, 0.5) is 8.78 Å². The van der Waals surface area contributed by atoms with Crippen LogP contribution in [0.25, 0.3) is 0 Å². The first-order chi connectivity index (χ1) is 13.2. The van der Waals surface area contributed by atoms with E-state index in [1.807, 2.05) is 0 Å². The zero-order valence-corrected chi connectivity index (χ0v) is 15.6. The van der Waals surface area contributed by atoms with Gasteiger partial charge in [-0.2, -0.15) is 5.26 Å². The summed E-state index contributed by atoms with van der Waals surface area (Å²) in [6.45, 7) is -0.298. The Morgan fingerprint density at radius 2 is 1.79 bits per heavy atom. The third kappa shape index (κ3) is 5.31. The lowest BCUT2D eigenvalue weighted by Gasteiger charge is -2.18. The van der Waals surface area contributed by atoms with Gasteiger partial charge in [0.15, 0.2) is 17.4 Å². The number of phenols is 1. The summed E-state index contributed by atoms with van der Waals surface area (Å²) < 4.78 is 26.4. The van der Waals surface area contributed by atoms with Crippen molar-refractivity contribution in [1.29, 1.82) is 5.26 Å². The summed E-state index contributed by atoms with van der Waals surface area (Å²) in [5, 5.41) is 22.8. The highest BCUT2D eigenvalue weighted by Crippen LogP contribution is 2.33. The van der Waals surface area contributed by atoms with Crippen molar-refractivity contribution < 1.29 is 23.5 Å². The minimum atomic E-state index is -1.21. The van der Waals surface area contributed by atoms with Gasteiger partial charge in [-0.1, -0.05) is 23.2 Å². The van der Waals surface area contributed by atoms with Crippen LogP contribution in [0.15, 0.2) is 30.3 Å². The van der Waals surface area contributed by atoms with Crippen LogP contribution in [0.1, 0.15) is 15.9 Å². The van der Waals surface area contributed by atoms with Crippen molar-refractivity contribution in [1.82, 2.24) is 10.6 Å². The Labute approximate surface area is 168 Å². The van der Waals surface area contributed by atoms with E-state index in [0.29, 0.717) is 11.6 Å². The number of hydrogen-bond donors (Lipinski definition) is 3. The van der Waals surface area contributed by atoms with Gasteiger partial charge in [0, 0.05) is 12.0 Å². The Kier molecular flexibility index (Phi) is 7.15. The van der Waals surface area contributed by atoms with E-state index >= 15 is 0 Å². The van der Waals surface area contributed by atoms with E-state index in [1.165, 1.54) is 12.1 Å². The van der Waals surface area contributed by atoms with Crippen molar-refractivity contribution in [2.75, 3.05) is 6.54 Å². The molecule has 1 atom stereocenters. The maximum absolute atomic E-state index is 13.4. The smallest absolute Gasteiger partial charge is 0.252 e. The highest BCUT2D eigenvalue weighted by molar-refractivity contribution is 6.37. The molecule has 0 fully saturated rings. The Bertz CT molecular complexity index is 941. The maximum atomic E-state index is 13.4. The van der Waals surface area contributed by atoms with Crippen LogP contribution in [0.5, 0.6) is 5.75 Å². The largest absolute Gasteiger partial charge is 0.505 e. The third-order valence-electron chi connectivity index (χ3n) is 3.66. The molecule has 0 aromatic heterocycles. The van der Waals surface area contributed by atoms with E-state index in [9.17, 15) is 23.5 Å². The topological polar surface area (TPSA) is 102 Å². The molecule has 2 aromatic rings. The van der Waals surface area contributed by atoms with Crippen molar-refractivity contribution in [3.05, 3.63) is 63.1 Å². The lowest BCUT2D eigenvalue weighted by Crippen LogP contribution is -2.48. The second kappa shape index (κ2) is 9.35. The van der Waals surface area contributed by atoms with Gasteiger partial charge in [-0.15, -0.1) is 0 Å². The molecule has 0 heterocycles. The van der Waals surface area contributed by atoms with Gasteiger partial charge in [-0.25, -0.2) is 8.78 Å². The van der Waals surface area contributed by atoms with Gasteiger partial charge in [0.2, 0.25) is 5.91 Å². The van der Waals surface area contributed by atoms with Crippen molar-refractivity contribution in [2.24, 2.45) is 0 Å². The fourth-order valence-electron chi connectivity index (χ4n) is 2.31. The number of nitrogens with one attached hydrogen (secondary N) is 2. The zero-order valence-electron chi connectivity index (χ0n) is 14.1. The molecule has 10 heteroatoms. The van der Waals surface area contributed by atoms with Crippen LogP contribution < -0.4 is 10.6 Å². The number of carbonyl (C=O) groups excluding carboxylic acids is 2. The van der Waals surface area contributed by atoms with Gasteiger partial charge >= 0.3 is 0 Å². The summed E-state index contributed by atoms with van der Waals surface area (Å²) in [7, 11) is 0. The highest BCUT2D eigenvalue weighted by atomic mass is 35.5. The van der Waals surface area contributed by atoms with E-state index in [1.54, 1.807) is 6.07 Å². The van der Waals surface area contributed by atoms with Crippen molar-refractivity contribution in [2.45, 2.75) is 12.5 Å². The molecule has 2 aromatic carbocycles. The Balaban J connectivity index is 2.26. The summed E-state index contributed by atoms with van der Waals surface area (Å²) in [5.74, 6) is -4.17. The first kappa shape index (κ1) is 21.4. The number of aromatic hydroxyl groups is 1. The number of phenolic OH excluding ortho intramolecular Hbond substituents is 1. The van der Waals surface area contributed by atoms with Crippen molar-refractivity contribution in [3.8, 4) is 11.8 Å². The van der Waals surface area contributed by atoms with E-state index in [4.69, 9.17) is 28.5 Å². The van der Waals surface area contributed by atoms with Gasteiger partial charge in [-0.05, 0) is 35.9 Å². The lowest BCUT2D eigenvalue weighted by molar-refractivity contribution is -0.122. The molecule has 0 unspecified atom stereocenters. The Morgan fingerprint density at radius 1 is 1.14 bits per heavy atom. The Hall–Kier alpha value is -2.89. The van der Waals surface area contributed by atoms with E-state index < -0.39 is 29.5 Å². The highest BCUT2D eigenvalue weighted by Gasteiger charge is 2.23. The first-order valence-corrected chi connectivity index (χ1v) is 8.56. The van der Waals surface area contributed by atoms with E-state index in [0.717, 1.165) is 12.1 Å². The number of benzene rings is 2. The molecule has 146 valence electrons. The zero-order chi connectivity index (χ0) is 20.8. The second-order valence-corrected chi connectivity index (χ2v) is 6.46. The maximum Gasteiger partial charge on any atom is 0.252 e. The fraction of sp³-hybridized carbons (Fsp3) is 0.167. The number of hydrogen-bond acceptors (Lipinski definition) is 4. The van der Waals surface area contributed by atoms with Crippen LogP contribution in [0.3, 0.4) is 0 Å². The number of nitrogens with zero attached hydrogens (tertiary/aromatic N) is 1. The van der Waals surface area contributed by atoms with Crippen LogP contribution in [0, 0.1) is 23.0 Å². The van der Waals surface area contributed by atoms with Crippen LogP contribution >= 0.6 is 23.2 Å². The normalized spacial score (nSPS) is 11.4. The summed E-state index contributed by atoms with van der Waals surface area (Å²) in [4.78, 5) is 24.6. The van der Waals surface area contributed by atoms with Gasteiger partial charge in [0.05, 0.1) is 16.1 Å². The number of halogens is 4. The molecule has 0 aliphatic carbocycles. The molecule has 0 aliphatic heterocycles. The average Bonchev–Trinajstić information content (AvgIpc) is 2.65. The molecular weight excluding hydrogens is 415 g/mol. The molecule has 0 spiro atoms. The number of carbonyl (C=O) groups is 2. The van der Waals surface area contributed by atoms with Gasteiger partial charge in [-0.3, -0.25) is 9.59 Å². The molecule has 0 saturated carbocycles.